The van der Waals surface area contributed by atoms with Crippen LogP contribution >= 0.6 is 0 Å². The average molecular weight is 300 g/mol. The number of rotatable bonds is 7. The van der Waals surface area contributed by atoms with Gasteiger partial charge < -0.3 is 20.4 Å². The third-order valence-electron chi connectivity index (χ3n) is 3.83. The third kappa shape index (κ3) is 6.44. The van der Waals surface area contributed by atoms with Crippen LogP contribution in [0.15, 0.2) is 0 Å². The highest BCUT2D eigenvalue weighted by Crippen LogP contribution is 2.17. The van der Waals surface area contributed by atoms with Gasteiger partial charge in [0.05, 0.1) is 18.1 Å². The largest absolute Gasteiger partial charge is 0.481 e. The van der Waals surface area contributed by atoms with Gasteiger partial charge in [0.2, 0.25) is 5.91 Å². The minimum Gasteiger partial charge on any atom is -0.481 e. The Labute approximate surface area is 126 Å². The molecule has 0 aromatic carbocycles. The molecule has 1 unspecified atom stereocenters. The zero-order valence-electron chi connectivity index (χ0n) is 13.3. The summed E-state index contributed by atoms with van der Waals surface area (Å²) in [5, 5.41) is 22.1. The predicted octanol–water partition coefficient (Wildman–Crippen LogP) is 0.696. The number of hydrogen-bond acceptors (Lipinski definition) is 4. The van der Waals surface area contributed by atoms with Crippen LogP contribution in [0.2, 0.25) is 0 Å². The van der Waals surface area contributed by atoms with Gasteiger partial charge in [0.15, 0.2) is 0 Å². The molecule has 1 amide bonds. The van der Waals surface area contributed by atoms with Crippen LogP contribution in [0.5, 0.6) is 0 Å². The van der Waals surface area contributed by atoms with Crippen molar-refractivity contribution >= 4 is 11.9 Å². The van der Waals surface area contributed by atoms with Crippen molar-refractivity contribution < 1.29 is 19.8 Å². The van der Waals surface area contributed by atoms with Crippen LogP contribution < -0.4 is 5.32 Å². The molecule has 1 fully saturated rings. The monoisotopic (exact) mass is 300 g/mol. The van der Waals surface area contributed by atoms with Gasteiger partial charge >= 0.3 is 5.97 Å². The van der Waals surface area contributed by atoms with E-state index in [2.05, 4.69) is 5.32 Å². The summed E-state index contributed by atoms with van der Waals surface area (Å²) in [5.41, 5.74) is -0.815. The van der Waals surface area contributed by atoms with E-state index in [1.54, 1.807) is 11.8 Å². The molecule has 3 N–H and O–H groups in total. The Hall–Kier alpha value is -1.14. The summed E-state index contributed by atoms with van der Waals surface area (Å²) in [6.45, 7) is 7.43. The lowest BCUT2D eigenvalue weighted by Gasteiger charge is -2.31. The highest BCUT2D eigenvalue weighted by molar-refractivity contribution is 5.78. The van der Waals surface area contributed by atoms with E-state index >= 15 is 0 Å². The van der Waals surface area contributed by atoms with Gasteiger partial charge in [0.25, 0.3) is 0 Å². The summed E-state index contributed by atoms with van der Waals surface area (Å²) < 4.78 is 0. The van der Waals surface area contributed by atoms with Gasteiger partial charge in [-0.15, -0.1) is 0 Å². The topological polar surface area (TPSA) is 89.9 Å². The van der Waals surface area contributed by atoms with Crippen molar-refractivity contribution in [2.75, 3.05) is 26.2 Å². The van der Waals surface area contributed by atoms with Crippen LogP contribution in [0, 0.1) is 11.8 Å². The molecular formula is C15H28N2O4. The van der Waals surface area contributed by atoms with E-state index in [1.807, 2.05) is 13.8 Å². The van der Waals surface area contributed by atoms with E-state index in [9.17, 15) is 14.7 Å². The lowest BCUT2D eigenvalue weighted by molar-refractivity contribution is -0.145. The number of nitrogens with one attached hydrogen (secondary N) is 1. The number of piperidine rings is 1. The van der Waals surface area contributed by atoms with E-state index in [0.717, 1.165) is 0 Å². The predicted molar refractivity (Wildman–Crippen MR) is 79.9 cm³/mol. The van der Waals surface area contributed by atoms with Gasteiger partial charge in [-0.05, 0) is 32.1 Å². The second-order valence-electron chi connectivity index (χ2n) is 6.69. The summed E-state index contributed by atoms with van der Waals surface area (Å²) in [4.78, 5) is 24.6. The van der Waals surface area contributed by atoms with Gasteiger partial charge in [-0.1, -0.05) is 13.8 Å². The van der Waals surface area contributed by atoms with Gasteiger partial charge in [-0.2, -0.15) is 0 Å². The van der Waals surface area contributed by atoms with Crippen LogP contribution in [0.3, 0.4) is 0 Å². The van der Waals surface area contributed by atoms with Crippen molar-refractivity contribution in [2.45, 2.75) is 45.6 Å². The molecule has 0 aromatic heterocycles. The van der Waals surface area contributed by atoms with E-state index in [1.165, 1.54) is 0 Å². The normalized spacial score (nSPS) is 19.6. The molecule has 0 spiro atoms. The van der Waals surface area contributed by atoms with Crippen molar-refractivity contribution in [3.05, 3.63) is 0 Å². The molecule has 1 aliphatic rings. The highest BCUT2D eigenvalue weighted by Gasteiger charge is 2.27. The first-order valence-electron chi connectivity index (χ1n) is 7.65. The van der Waals surface area contributed by atoms with Crippen molar-refractivity contribution in [1.29, 1.82) is 0 Å². The van der Waals surface area contributed by atoms with E-state index in [-0.39, 0.29) is 18.4 Å². The smallest absolute Gasteiger partial charge is 0.306 e. The highest BCUT2D eigenvalue weighted by atomic mass is 16.4. The molecule has 1 rings (SSSR count). The van der Waals surface area contributed by atoms with Crippen LogP contribution in [0.4, 0.5) is 0 Å². The van der Waals surface area contributed by atoms with Crippen molar-refractivity contribution in [3.63, 3.8) is 0 Å². The summed E-state index contributed by atoms with van der Waals surface area (Å²) in [6, 6.07) is 0. The lowest BCUT2D eigenvalue weighted by atomic mass is 9.94. The Balaban J connectivity index is 2.27. The summed E-state index contributed by atoms with van der Waals surface area (Å²) in [7, 11) is 0. The van der Waals surface area contributed by atoms with Crippen LogP contribution in [-0.2, 0) is 9.59 Å². The maximum absolute atomic E-state index is 12.0. The second kappa shape index (κ2) is 7.75. The molecule has 0 aliphatic carbocycles. The first kappa shape index (κ1) is 17.9. The molecule has 0 radical (unpaired) electrons. The molecule has 122 valence electrons. The number of hydrogen-bond donors (Lipinski definition) is 3. The molecule has 0 bridgehead atoms. The molecule has 1 saturated heterocycles. The van der Waals surface area contributed by atoms with E-state index < -0.39 is 11.6 Å². The SMILES string of the molecule is CC(C)CC(C)(O)CNCC(=O)N1CCC(C(=O)O)CC1. The molecule has 1 heterocycles. The average Bonchev–Trinajstić information content (AvgIpc) is 2.36. The number of nitrogens with zero attached hydrogens (tertiary/aromatic N) is 1. The zero-order chi connectivity index (χ0) is 16.0. The fourth-order valence-electron chi connectivity index (χ4n) is 2.88. The number of aliphatic hydroxyl groups is 1. The van der Waals surface area contributed by atoms with Crippen LogP contribution in [0.1, 0.15) is 40.0 Å². The summed E-state index contributed by atoms with van der Waals surface area (Å²) in [6.07, 6.45) is 1.72. The Morgan fingerprint density at radius 1 is 1.33 bits per heavy atom. The number of carboxylic acids is 1. The number of likely N-dealkylation sites (tertiary alicyclic amines) is 1. The van der Waals surface area contributed by atoms with E-state index in [4.69, 9.17) is 5.11 Å². The Bertz CT molecular complexity index is 361. The number of carboxylic acid groups (broad SMARTS) is 1. The fraction of sp³-hybridized carbons (Fsp3) is 0.867. The first-order chi connectivity index (χ1) is 9.71. The first-order valence-corrected chi connectivity index (χ1v) is 7.65. The van der Waals surface area contributed by atoms with Gasteiger partial charge in [-0.3, -0.25) is 9.59 Å². The van der Waals surface area contributed by atoms with Gasteiger partial charge in [-0.25, -0.2) is 0 Å². The molecule has 6 nitrogen and oxygen atoms in total. The fourth-order valence-corrected chi connectivity index (χ4v) is 2.88. The van der Waals surface area contributed by atoms with Gasteiger partial charge in [0.1, 0.15) is 0 Å². The Morgan fingerprint density at radius 3 is 2.38 bits per heavy atom. The molecule has 21 heavy (non-hydrogen) atoms. The molecule has 1 atom stereocenters. The quantitative estimate of drug-likeness (QED) is 0.644. The summed E-state index contributed by atoms with van der Waals surface area (Å²) >= 11 is 0. The number of carbonyl (C=O) groups excluding carboxylic acids is 1. The Kier molecular flexibility index (Phi) is 6.61. The standard InChI is InChI=1S/C15H28N2O4/c1-11(2)8-15(3,21)10-16-9-13(18)17-6-4-12(5-7-17)14(19)20/h11-12,16,21H,4-10H2,1-3H3,(H,19,20). The van der Waals surface area contributed by atoms with Gasteiger partial charge in [0, 0.05) is 19.6 Å². The second-order valence-corrected chi connectivity index (χ2v) is 6.69. The molecule has 0 saturated carbocycles. The Morgan fingerprint density at radius 2 is 1.90 bits per heavy atom. The summed E-state index contributed by atoms with van der Waals surface area (Å²) in [5.74, 6) is -0.731. The lowest BCUT2D eigenvalue weighted by Crippen LogP contribution is -2.47. The van der Waals surface area contributed by atoms with Crippen molar-refractivity contribution in [3.8, 4) is 0 Å². The van der Waals surface area contributed by atoms with Crippen LogP contribution in [-0.4, -0.2) is 58.8 Å². The number of carbonyl (C=O) groups is 2. The molecule has 0 aromatic rings. The van der Waals surface area contributed by atoms with Crippen molar-refractivity contribution in [2.24, 2.45) is 11.8 Å². The molecule has 6 heteroatoms. The zero-order valence-corrected chi connectivity index (χ0v) is 13.3. The van der Waals surface area contributed by atoms with Crippen LogP contribution in [0.25, 0.3) is 0 Å². The molecular weight excluding hydrogens is 272 g/mol. The van der Waals surface area contributed by atoms with E-state index in [0.29, 0.717) is 44.8 Å². The molecule has 1 aliphatic heterocycles. The third-order valence-corrected chi connectivity index (χ3v) is 3.83. The van der Waals surface area contributed by atoms with Crippen molar-refractivity contribution in [1.82, 2.24) is 10.2 Å². The maximum Gasteiger partial charge on any atom is 0.306 e. The number of aliphatic carboxylic acids is 1. The number of amides is 1. The minimum atomic E-state index is -0.815. The maximum atomic E-state index is 12.0. The minimum absolute atomic E-state index is 0.0285.